The molecule has 8 nitrogen and oxygen atoms in total. The van der Waals surface area contributed by atoms with E-state index in [2.05, 4.69) is 10.3 Å². The summed E-state index contributed by atoms with van der Waals surface area (Å²) in [6.07, 6.45) is 0. The summed E-state index contributed by atoms with van der Waals surface area (Å²) in [5.41, 5.74) is 3.61. The SMILES string of the molecule is CCOc1ccccc1NC(=O)CSc1nc2c([nH]c3ccccc32)c(=O)n1-c1cc(C)ccc1OC. The van der Waals surface area contributed by atoms with Gasteiger partial charge in [0, 0.05) is 10.9 Å². The molecule has 5 aromatic rings. The first kappa shape index (κ1) is 24.5. The molecule has 0 aliphatic heterocycles. The lowest BCUT2D eigenvalue weighted by atomic mass is 10.2. The average Bonchev–Trinajstić information content (AvgIpc) is 3.28. The molecule has 2 heterocycles. The molecule has 0 spiro atoms. The smallest absolute Gasteiger partial charge is 0.283 e. The van der Waals surface area contributed by atoms with Crippen LogP contribution < -0.4 is 20.3 Å². The number of carbonyl (C=O) groups excluding carboxylic acids is 1. The number of aryl methyl sites for hydroxylation is 1. The van der Waals surface area contributed by atoms with Crippen molar-refractivity contribution in [2.24, 2.45) is 0 Å². The molecule has 37 heavy (non-hydrogen) atoms. The fourth-order valence-electron chi connectivity index (χ4n) is 4.19. The summed E-state index contributed by atoms with van der Waals surface area (Å²) in [5.74, 6) is 0.924. The van der Waals surface area contributed by atoms with Gasteiger partial charge in [0.25, 0.3) is 5.56 Å². The molecular weight excluding hydrogens is 488 g/mol. The standard InChI is InChI=1S/C28H26N4O4S/c1-4-36-22-12-8-7-11-20(22)29-24(33)16-37-28-31-25-18-9-5-6-10-19(18)30-26(25)27(34)32(28)21-15-17(2)13-14-23(21)35-3/h5-15,30H,4,16H2,1-3H3,(H,29,33). The zero-order valence-corrected chi connectivity index (χ0v) is 21.5. The summed E-state index contributed by atoms with van der Waals surface area (Å²) in [7, 11) is 1.56. The van der Waals surface area contributed by atoms with Crippen LogP contribution in [0.4, 0.5) is 5.69 Å². The van der Waals surface area contributed by atoms with Crippen molar-refractivity contribution in [3.8, 4) is 17.2 Å². The fourth-order valence-corrected chi connectivity index (χ4v) is 4.99. The van der Waals surface area contributed by atoms with Crippen molar-refractivity contribution < 1.29 is 14.3 Å². The largest absolute Gasteiger partial charge is 0.495 e. The number of hydrogen-bond donors (Lipinski definition) is 2. The molecule has 0 aliphatic carbocycles. The van der Waals surface area contributed by atoms with Gasteiger partial charge in [0.05, 0.1) is 30.8 Å². The Labute approximate surface area is 217 Å². The van der Waals surface area contributed by atoms with Crippen LogP contribution in [0.3, 0.4) is 0 Å². The van der Waals surface area contributed by atoms with Gasteiger partial charge in [-0.3, -0.25) is 9.59 Å². The summed E-state index contributed by atoms with van der Waals surface area (Å²) in [5, 5.41) is 4.13. The molecule has 1 amide bonds. The molecule has 9 heteroatoms. The van der Waals surface area contributed by atoms with Crippen LogP contribution in [0, 0.1) is 6.92 Å². The second-order valence-corrected chi connectivity index (χ2v) is 9.31. The van der Waals surface area contributed by atoms with Crippen LogP contribution in [0.1, 0.15) is 12.5 Å². The number of aromatic nitrogens is 3. The predicted molar refractivity (Wildman–Crippen MR) is 147 cm³/mol. The minimum absolute atomic E-state index is 0.0366. The van der Waals surface area contributed by atoms with Crippen LogP contribution >= 0.6 is 11.8 Å². The fraction of sp³-hybridized carbons (Fsp3) is 0.179. The molecule has 0 bridgehead atoms. The number of carbonyl (C=O) groups is 1. The van der Waals surface area contributed by atoms with E-state index in [-0.39, 0.29) is 17.2 Å². The first-order valence-electron chi connectivity index (χ1n) is 11.8. The Morgan fingerprint density at radius 2 is 1.86 bits per heavy atom. The monoisotopic (exact) mass is 514 g/mol. The number of fused-ring (bicyclic) bond motifs is 3. The normalized spacial score (nSPS) is 11.1. The van der Waals surface area contributed by atoms with Crippen molar-refractivity contribution in [3.05, 3.63) is 82.6 Å². The topological polar surface area (TPSA) is 98.2 Å². The van der Waals surface area contributed by atoms with E-state index in [1.165, 1.54) is 16.3 Å². The number of para-hydroxylation sites is 3. The highest BCUT2D eigenvalue weighted by Crippen LogP contribution is 2.31. The van der Waals surface area contributed by atoms with Crippen LogP contribution in [0.2, 0.25) is 0 Å². The molecule has 0 aliphatic rings. The van der Waals surface area contributed by atoms with E-state index >= 15 is 0 Å². The van der Waals surface area contributed by atoms with Crippen molar-refractivity contribution in [2.45, 2.75) is 19.0 Å². The van der Waals surface area contributed by atoms with Crippen LogP contribution in [0.15, 0.2) is 76.7 Å². The van der Waals surface area contributed by atoms with E-state index in [0.29, 0.717) is 45.7 Å². The van der Waals surface area contributed by atoms with Gasteiger partial charge in [0.1, 0.15) is 22.5 Å². The third-order valence-electron chi connectivity index (χ3n) is 5.86. The van der Waals surface area contributed by atoms with Crippen LogP contribution in [0.25, 0.3) is 27.6 Å². The second kappa shape index (κ2) is 10.4. The quantitative estimate of drug-likeness (QED) is 0.215. The van der Waals surface area contributed by atoms with Gasteiger partial charge < -0.3 is 19.8 Å². The van der Waals surface area contributed by atoms with Crippen molar-refractivity contribution in [2.75, 3.05) is 24.8 Å². The Morgan fingerprint density at radius 3 is 2.68 bits per heavy atom. The molecule has 0 fully saturated rings. The molecule has 0 unspecified atom stereocenters. The molecule has 2 aromatic heterocycles. The van der Waals surface area contributed by atoms with Gasteiger partial charge in [0.2, 0.25) is 5.91 Å². The minimum Gasteiger partial charge on any atom is -0.495 e. The van der Waals surface area contributed by atoms with Crippen molar-refractivity contribution in [3.63, 3.8) is 0 Å². The van der Waals surface area contributed by atoms with E-state index in [1.54, 1.807) is 19.2 Å². The van der Waals surface area contributed by atoms with Gasteiger partial charge in [-0.1, -0.05) is 48.2 Å². The Hall–Kier alpha value is -4.24. The molecule has 2 N–H and O–H groups in total. The third kappa shape index (κ3) is 4.77. The van der Waals surface area contributed by atoms with Crippen molar-refractivity contribution in [1.29, 1.82) is 0 Å². The second-order valence-electron chi connectivity index (χ2n) is 8.37. The summed E-state index contributed by atoms with van der Waals surface area (Å²) in [4.78, 5) is 34.9. The molecule has 0 saturated heterocycles. The number of H-pyrrole nitrogens is 1. The Morgan fingerprint density at radius 1 is 1.08 bits per heavy atom. The first-order valence-corrected chi connectivity index (χ1v) is 12.8. The molecule has 188 valence electrons. The number of aromatic amines is 1. The van der Waals surface area contributed by atoms with E-state index in [9.17, 15) is 9.59 Å². The Bertz CT molecular complexity index is 1670. The number of nitrogens with zero attached hydrogens (tertiary/aromatic N) is 2. The van der Waals surface area contributed by atoms with Gasteiger partial charge in [0.15, 0.2) is 5.16 Å². The minimum atomic E-state index is -0.269. The van der Waals surface area contributed by atoms with Gasteiger partial charge >= 0.3 is 0 Å². The van der Waals surface area contributed by atoms with E-state index in [0.717, 1.165) is 16.5 Å². The van der Waals surface area contributed by atoms with Crippen molar-refractivity contribution >= 4 is 45.3 Å². The lowest BCUT2D eigenvalue weighted by molar-refractivity contribution is -0.113. The number of methoxy groups -OCH3 is 1. The van der Waals surface area contributed by atoms with Gasteiger partial charge in [-0.15, -0.1) is 0 Å². The highest BCUT2D eigenvalue weighted by molar-refractivity contribution is 7.99. The molecule has 5 rings (SSSR count). The summed E-state index contributed by atoms with van der Waals surface area (Å²) in [6, 6.07) is 20.5. The molecule has 0 atom stereocenters. The van der Waals surface area contributed by atoms with E-state index in [4.69, 9.17) is 14.5 Å². The maximum Gasteiger partial charge on any atom is 0.283 e. The van der Waals surface area contributed by atoms with Crippen LogP contribution in [0.5, 0.6) is 11.5 Å². The number of rotatable bonds is 8. The maximum absolute atomic E-state index is 13.9. The molecule has 0 saturated carbocycles. The van der Waals surface area contributed by atoms with Gasteiger partial charge in [-0.25, -0.2) is 9.55 Å². The van der Waals surface area contributed by atoms with E-state index in [1.807, 2.05) is 68.4 Å². The number of anilines is 1. The van der Waals surface area contributed by atoms with Crippen molar-refractivity contribution in [1.82, 2.24) is 14.5 Å². The van der Waals surface area contributed by atoms with Crippen LogP contribution in [-0.2, 0) is 4.79 Å². The van der Waals surface area contributed by atoms with E-state index < -0.39 is 0 Å². The Kier molecular flexibility index (Phi) is 6.87. The number of ether oxygens (including phenoxy) is 2. The third-order valence-corrected chi connectivity index (χ3v) is 6.80. The average molecular weight is 515 g/mol. The molecule has 3 aromatic carbocycles. The van der Waals surface area contributed by atoms with Crippen LogP contribution in [-0.4, -0.2) is 39.9 Å². The predicted octanol–water partition coefficient (Wildman–Crippen LogP) is 5.31. The number of amides is 1. The highest BCUT2D eigenvalue weighted by atomic mass is 32.2. The number of nitrogens with one attached hydrogen (secondary N) is 2. The van der Waals surface area contributed by atoms with Gasteiger partial charge in [-0.05, 0) is 49.7 Å². The number of benzene rings is 3. The maximum atomic E-state index is 13.9. The molecule has 0 radical (unpaired) electrons. The summed E-state index contributed by atoms with van der Waals surface area (Å²) >= 11 is 1.18. The zero-order valence-electron chi connectivity index (χ0n) is 20.7. The van der Waals surface area contributed by atoms with Gasteiger partial charge in [-0.2, -0.15) is 0 Å². The number of hydrogen-bond acceptors (Lipinski definition) is 6. The number of thioether (sulfide) groups is 1. The lowest BCUT2D eigenvalue weighted by Crippen LogP contribution is -2.23. The summed E-state index contributed by atoms with van der Waals surface area (Å²) in [6.45, 7) is 4.32. The summed E-state index contributed by atoms with van der Waals surface area (Å²) < 4.78 is 12.7. The highest BCUT2D eigenvalue weighted by Gasteiger charge is 2.20. The zero-order chi connectivity index (χ0) is 25.9. The first-order chi connectivity index (χ1) is 18.0. The lowest BCUT2D eigenvalue weighted by Gasteiger charge is -2.16. The Balaban J connectivity index is 1.58. The molecular formula is C28H26N4O4S.